The lowest BCUT2D eigenvalue weighted by atomic mass is 9.80. The Morgan fingerprint density at radius 3 is 2.68 bits per heavy atom. The van der Waals surface area contributed by atoms with E-state index < -0.39 is 0 Å². The molecule has 0 aliphatic carbocycles. The average molecular weight is 377 g/mol. The smallest absolute Gasteiger partial charge is 0.253 e. The Kier molecular flexibility index (Phi) is 4.47. The summed E-state index contributed by atoms with van der Waals surface area (Å²) in [6, 6.07) is 15.2. The van der Waals surface area contributed by atoms with Gasteiger partial charge < -0.3 is 20.3 Å². The maximum atomic E-state index is 12.6. The molecule has 1 unspecified atom stereocenters. The molecule has 28 heavy (non-hydrogen) atoms. The van der Waals surface area contributed by atoms with E-state index in [-0.39, 0.29) is 18.0 Å². The molecule has 1 amide bonds. The fraction of sp³-hybridized carbons (Fsp3) is 0.435. The maximum Gasteiger partial charge on any atom is 0.253 e. The van der Waals surface area contributed by atoms with E-state index in [1.165, 1.54) is 11.1 Å². The standard InChI is InChI=1S/C23H27N3O2/c1-2-28-17-7-4-15(5-8-17)21-18-10-11-24-22(18)19-14-16(6-9-20(19)25-21)23(27)26-12-3-13-26/h4-9,14,18,21-22,24-25H,2-3,10-13H2,1H3/t18-,21?,22-/m0/s1. The van der Waals surface area contributed by atoms with Crippen LogP contribution in [0.4, 0.5) is 5.69 Å². The molecular formula is C23H27N3O2. The molecule has 0 saturated carbocycles. The maximum absolute atomic E-state index is 12.6. The molecule has 0 aromatic heterocycles. The van der Waals surface area contributed by atoms with Gasteiger partial charge in [-0.25, -0.2) is 0 Å². The second-order valence-electron chi connectivity index (χ2n) is 7.96. The number of nitrogens with one attached hydrogen (secondary N) is 2. The van der Waals surface area contributed by atoms with Crippen molar-refractivity contribution >= 4 is 11.6 Å². The molecule has 5 rings (SSSR count). The van der Waals surface area contributed by atoms with Gasteiger partial charge >= 0.3 is 0 Å². The number of amides is 1. The predicted molar refractivity (Wildman–Crippen MR) is 110 cm³/mol. The zero-order chi connectivity index (χ0) is 19.1. The number of carbonyl (C=O) groups excluding carboxylic acids is 1. The van der Waals surface area contributed by atoms with Crippen molar-refractivity contribution in [3.8, 4) is 5.75 Å². The summed E-state index contributed by atoms with van der Waals surface area (Å²) < 4.78 is 5.59. The van der Waals surface area contributed by atoms with E-state index in [9.17, 15) is 4.79 Å². The van der Waals surface area contributed by atoms with Gasteiger partial charge in [-0.1, -0.05) is 12.1 Å². The van der Waals surface area contributed by atoms with E-state index in [1.807, 2.05) is 17.9 Å². The Hall–Kier alpha value is -2.53. The number of fused-ring (bicyclic) bond motifs is 3. The van der Waals surface area contributed by atoms with Gasteiger partial charge in [0.15, 0.2) is 0 Å². The van der Waals surface area contributed by atoms with E-state index in [2.05, 4.69) is 47.0 Å². The van der Waals surface area contributed by atoms with Crippen LogP contribution in [-0.2, 0) is 0 Å². The van der Waals surface area contributed by atoms with Crippen LogP contribution in [0.2, 0.25) is 0 Å². The summed E-state index contributed by atoms with van der Waals surface area (Å²) in [5.41, 5.74) is 4.46. The highest BCUT2D eigenvalue weighted by Gasteiger charge is 2.40. The van der Waals surface area contributed by atoms with Crippen molar-refractivity contribution in [3.63, 3.8) is 0 Å². The van der Waals surface area contributed by atoms with Crippen molar-refractivity contribution in [1.82, 2.24) is 10.2 Å². The van der Waals surface area contributed by atoms with Crippen molar-refractivity contribution < 1.29 is 9.53 Å². The average Bonchev–Trinajstić information content (AvgIpc) is 3.17. The number of hydrogen-bond donors (Lipinski definition) is 2. The minimum atomic E-state index is 0.164. The number of benzene rings is 2. The lowest BCUT2D eigenvalue weighted by Crippen LogP contribution is -2.42. The van der Waals surface area contributed by atoms with Crippen LogP contribution in [0.5, 0.6) is 5.75 Å². The molecule has 3 aliphatic heterocycles. The zero-order valence-corrected chi connectivity index (χ0v) is 16.3. The van der Waals surface area contributed by atoms with Gasteiger partial charge in [-0.15, -0.1) is 0 Å². The Bertz CT molecular complexity index is 876. The summed E-state index contributed by atoms with van der Waals surface area (Å²) in [6.45, 7) is 5.47. The molecule has 3 atom stereocenters. The van der Waals surface area contributed by atoms with Crippen molar-refractivity contribution in [2.24, 2.45) is 5.92 Å². The summed E-state index contributed by atoms with van der Waals surface area (Å²) in [4.78, 5) is 14.6. The Balaban J connectivity index is 1.44. The highest BCUT2D eigenvalue weighted by atomic mass is 16.5. The van der Waals surface area contributed by atoms with E-state index in [0.29, 0.717) is 12.5 Å². The van der Waals surface area contributed by atoms with Crippen LogP contribution in [0.15, 0.2) is 42.5 Å². The Morgan fingerprint density at radius 1 is 1.14 bits per heavy atom. The molecule has 2 aromatic rings. The second-order valence-corrected chi connectivity index (χ2v) is 7.96. The Labute approximate surface area is 166 Å². The van der Waals surface area contributed by atoms with Crippen LogP contribution in [0.1, 0.15) is 53.3 Å². The summed E-state index contributed by atoms with van der Waals surface area (Å²) in [5, 5.41) is 7.43. The van der Waals surface area contributed by atoms with Crippen LogP contribution in [0, 0.1) is 5.92 Å². The number of nitrogens with zero attached hydrogens (tertiary/aromatic N) is 1. The monoisotopic (exact) mass is 377 g/mol. The third-order valence-electron chi connectivity index (χ3n) is 6.34. The number of anilines is 1. The van der Waals surface area contributed by atoms with Gasteiger partial charge in [0.1, 0.15) is 5.75 Å². The molecule has 2 N–H and O–H groups in total. The molecule has 2 saturated heterocycles. The van der Waals surface area contributed by atoms with Crippen molar-refractivity contribution in [3.05, 3.63) is 59.2 Å². The molecule has 0 spiro atoms. The summed E-state index contributed by atoms with van der Waals surface area (Å²) in [5.74, 6) is 1.55. The fourth-order valence-electron chi connectivity index (χ4n) is 4.75. The Morgan fingerprint density at radius 2 is 1.96 bits per heavy atom. The first-order valence-electron chi connectivity index (χ1n) is 10.4. The highest BCUT2D eigenvalue weighted by molar-refractivity contribution is 5.95. The number of likely N-dealkylation sites (tertiary alicyclic amines) is 1. The van der Waals surface area contributed by atoms with E-state index in [1.54, 1.807) is 0 Å². The number of hydrogen-bond acceptors (Lipinski definition) is 4. The van der Waals surface area contributed by atoms with Gasteiger partial charge in [-0.2, -0.15) is 0 Å². The molecule has 146 valence electrons. The number of carbonyl (C=O) groups is 1. The molecule has 5 heteroatoms. The number of rotatable bonds is 4. The highest BCUT2D eigenvalue weighted by Crippen LogP contribution is 2.47. The quantitative estimate of drug-likeness (QED) is 0.852. The van der Waals surface area contributed by atoms with Crippen LogP contribution >= 0.6 is 0 Å². The minimum Gasteiger partial charge on any atom is -0.494 e. The third-order valence-corrected chi connectivity index (χ3v) is 6.34. The van der Waals surface area contributed by atoms with Crippen molar-refractivity contribution in [1.29, 1.82) is 0 Å². The second kappa shape index (κ2) is 7.13. The first kappa shape index (κ1) is 17.6. The van der Waals surface area contributed by atoms with Crippen molar-refractivity contribution in [2.45, 2.75) is 31.8 Å². The molecule has 3 aliphatic rings. The van der Waals surface area contributed by atoms with Gasteiger partial charge in [-0.3, -0.25) is 4.79 Å². The molecular weight excluding hydrogens is 350 g/mol. The SMILES string of the molecule is CCOc1ccc(C2Nc3ccc(C(=O)N4CCC4)cc3[C@H]3NCC[C@@H]23)cc1. The molecule has 5 nitrogen and oxygen atoms in total. The topological polar surface area (TPSA) is 53.6 Å². The largest absolute Gasteiger partial charge is 0.494 e. The molecule has 0 bridgehead atoms. The lowest BCUT2D eigenvalue weighted by molar-refractivity contribution is 0.0651. The van der Waals surface area contributed by atoms with Gasteiger partial charge in [0.2, 0.25) is 0 Å². The van der Waals surface area contributed by atoms with Gasteiger partial charge in [0.25, 0.3) is 5.91 Å². The van der Waals surface area contributed by atoms with Crippen LogP contribution in [-0.4, -0.2) is 37.0 Å². The van der Waals surface area contributed by atoms with E-state index in [4.69, 9.17) is 4.74 Å². The van der Waals surface area contributed by atoms with Gasteiger partial charge in [0, 0.05) is 36.3 Å². The fourth-order valence-corrected chi connectivity index (χ4v) is 4.75. The first-order chi connectivity index (χ1) is 13.7. The molecule has 2 fully saturated rings. The van der Waals surface area contributed by atoms with Crippen LogP contribution < -0.4 is 15.4 Å². The lowest BCUT2D eigenvalue weighted by Gasteiger charge is -2.38. The van der Waals surface area contributed by atoms with Gasteiger partial charge in [-0.05, 0) is 67.8 Å². The predicted octanol–water partition coefficient (Wildman–Crippen LogP) is 3.75. The molecule has 0 radical (unpaired) electrons. The zero-order valence-electron chi connectivity index (χ0n) is 16.3. The normalized spacial score (nSPS) is 25.3. The summed E-state index contributed by atoms with van der Waals surface area (Å²) >= 11 is 0. The van der Waals surface area contributed by atoms with E-state index >= 15 is 0 Å². The number of ether oxygens (including phenoxy) is 1. The first-order valence-corrected chi connectivity index (χ1v) is 10.4. The van der Waals surface area contributed by atoms with Crippen LogP contribution in [0.3, 0.4) is 0 Å². The molecule has 2 aromatic carbocycles. The summed E-state index contributed by atoms with van der Waals surface area (Å²) in [6.07, 6.45) is 2.24. The minimum absolute atomic E-state index is 0.164. The van der Waals surface area contributed by atoms with Gasteiger partial charge in [0.05, 0.1) is 12.6 Å². The van der Waals surface area contributed by atoms with Crippen molar-refractivity contribution in [2.75, 3.05) is 31.6 Å². The van der Waals surface area contributed by atoms with Crippen LogP contribution in [0.25, 0.3) is 0 Å². The third kappa shape index (κ3) is 2.94. The van der Waals surface area contributed by atoms with E-state index in [0.717, 1.165) is 49.5 Å². The molecule has 3 heterocycles. The summed E-state index contributed by atoms with van der Waals surface area (Å²) in [7, 11) is 0.